The van der Waals surface area contributed by atoms with Crippen LogP contribution in [0.15, 0.2) is 18.2 Å². The van der Waals surface area contributed by atoms with E-state index in [0.29, 0.717) is 0 Å². The van der Waals surface area contributed by atoms with Crippen LogP contribution in [0.4, 0.5) is 0 Å². The Morgan fingerprint density at radius 2 is 1.39 bits per heavy atom. The molecule has 1 nitrogen and oxygen atoms in total. The van der Waals surface area contributed by atoms with Crippen molar-refractivity contribution in [2.75, 3.05) is 0 Å². The first-order chi connectivity index (χ1) is 8.05. The summed E-state index contributed by atoms with van der Waals surface area (Å²) in [4.78, 5) is 4.84. The summed E-state index contributed by atoms with van der Waals surface area (Å²) < 4.78 is 0. The van der Waals surface area contributed by atoms with Crippen molar-refractivity contribution in [1.82, 2.24) is 4.98 Å². The first-order valence-corrected chi connectivity index (χ1v) is 6.63. The minimum Gasteiger partial charge on any atom is -0.257 e. The van der Waals surface area contributed by atoms with E-state index in [-0.39, 0.29) is 16.7 Å². The molecular formula is C17H26N. The van der Waals surface area contributed by atoms with Gasteiger partial charge in [-0.3, -0.25) is 4.98 Å². The van der Waals surface area contributed by atoms with Gasteiger partial charge in [0.1, 0.15) is 0 Å². The lowest BCUT2D eigenvalue weighted by Crippen LogP contribution is -2.20. The molecule has 0 fully saturated rings. The van der Waals surface area contributed by atoms with Gasteiger partial charge in [0.25, 0.3) is 0 Å². The van der Waals surface area contributed by atoms with Gasteiger partial charge in [0.15, 0.2) is 0 Å². The maximum atomic E-state index is 5.68. The van der Waals surface area contributed by atoms with Crippen molar-refractivity contribution in [3.8, 4) is 0 Å². The highest BCUT2D eigenvalue weighted by atomic mass is 14.7. The highest BCUT2D eigenvalue weighted by Crippen LogP contribution is 2.29. The van der Waals surface area contributed by atoms with E-state index in [1.807, 2.05) is 0 Å². The molecule has 1 heteroatoms. The summed E-state index contributed by atoms with van der Waals surface area (Å²) in [6, 6.07) is 4.37. The van der Waals surface area contributed by atoms with Crippen LogP contribution in [0.5, 0.6) is 0 Å². The highest BCUT2D eigenvalue weighted by molar-refractivity contribution is 5.32. The minimum atomic E-state index is 0.0598. The predicted octanol–water partition coefficient (Wildman–Crippen LogP) is 4.77. The molecule has 0 spiro atoms. The molecule has 0 amide bonds. The normalized spacial score (nSPS) is 14.4. The van der Waals surface area contributed by atoms with Crippen LogP contribution in [0, 0.1) is 6.58 Å². The summed E-state index contributed by atoms with van der Waals surface area (Å²) in [5, 5.41) is 0. The Bertz CT molecular complexity index is 398. The average molecular weight is 244 g/mol. The average Bonchev–Trinajstić information content (AvgIpc) is 2.25. The van der Waals surface area contributed by atoms with Gasteiger partial charge in [-0.25, -0.2) is 0 Å². The Morgan fingerprint density at radius 3 is 1.67 bits per heavy atom. The van der Waals surface area contributed by atoms with Gasteiger partial charge in [0.2, 0.25) is 0 Å². The largest absolute Gasteiger partial charge is 0.257 e. The highest BCUT2D eigenvalue weighted by Gasteiger charge is 2.22. The summed E-state index contributed by atoms with van der Waals surface area (Å²) in [6.07, 6.45) is 1.74. The quantitative estimate of drug-likeness (QED) is 0.730. The third kappa shape index (κ3) is 3.44. The number of aromatic nitrogens is 1. The van der Waals surface area contributed by atoms with E-state index in [2.05, 4.69) is 60.6 Å². The number of hydrogen-bond acceptors (Lipinski definition) is 1. The second kappa shape index (κ2) is 4.87. The van der Waals surface area contributed by atoms with E-state index < -0.39 is 0 Å². The van der Waals surface area contributed by atoms with Crippen LogP contribution >= 0.6 is 0 Å². The third-order valence-corrected chi connectivity index (χ3v) is 3.20. The Labute approximate surface area is 112 Å². The van der Waals surface area contributed by atoms with Crippen LogP contribution in [-0.4, -0.2) is 4.98 Å². The van der Waals surface area contributed by atoms with E-state index in [1.165, 1.54) is 5.56 Å². The van der Waals surface area contributed by atoms with Crippen LogP contribution < -0.4 is 0 Å². The second-order valence-electron chi connectivity index (χ2n) is 7.15. The fraction of sp³-hybridized carbons (Fsp3) is 0.588. The van der Waals surface area contributed by atoms with Crippen molar-refractivity contribution < 1.29 is 0 Å². The topological polar surface area (TPSA) is 12.9 Å². The molecule has 0 N–H and O–H groups in total. The lowest BCUT2D eigenvalue weighted by molar-refractivity contribution is 0.528. The third-order valence-electron chi connectivity index (χ3n) is 3.20. The molecule has 0 aliphatic heterocycles. The zero-order chi connectivity index (χ0) is 14.1. The molecule has 1 heterocycles. The van der Waals surface area contributed by atoms with Gasteiger partial charge < -0.3 is 0 Å². The summed E-state index contributed by atoms with van der Waals surface area (Å²) in [7, 11) is 0. The monoisotopic (exact) mass is 244 g/mol. The van der Waals surface area contributed by atoms with Crippen LogP contribution in [-0.2, 0) is 10.8 Å². The molecular weight excluding hydrogens is 218 g/mol. The molecule has 1 aromatic rings. The van der Waals surface area contributed by atoms with E-state index in [1.54, 1.807) is 6.08 Å². The molecule has 1 radical (unpaired) electrons. The summed E-state index contributed by atoms with van der Waals surface area (Å²) >= 11 is 0. The summed E-state index contributed by atoms with van der Waals surface area (Å²) in [6.45, 7) is 21.0. The number of pyridine rings is 1. The molecule has 99 valence electrons. The van der Waals surface area contributed by atoms with E-state index >= 15 is 0 Å². The van der Waals surface area contributed by atoms with Crippen molar-refractivity contribution >= 4 is 0 Å². The molecule has 0 saturated heterocycles. The van der Waals surface area contributed by atoms with Gasteiger partial charge in [0, 0.05) is 22.2 Å². The number of allylic oxidation sites excluding steroid dienone is 1. The second-order valence-corrected chi connectivity index (χ2v) is 7.15. The summed E-state index contributed by atoms with van der Waals surface area (Å²) in [5.74, 6) is 0.259. The Hall–Kier alpha value is -1.11. The van der Waals surface area contributed by atoms with Crippen molar-refractivity contribution in [2.45, 2.75) is 65.2 Å². The molecule has 1 rings (SSSR count). The first-order valence-electron chi connectivity index (χ1n) is 6.63. The Balaban J connectivity index is 3.43. The van der Waals surface area contributed by atoms with Crippen molar-refractivity contribution in [3.05, 3.63) is 41.7 Å². The standard InChI is InChI=1S/C17H26N/c1-9-12(2)13-10-14(16(3,4)5)18-15(11-13)17(6,7)8/h1,9-12H,2-8H3. The fourth-order valence-corrected chi connectivity index (χ4v) is 1.69. The smallest absolute Gasteiger partial charge is 0.0463 e. The Kier molecular flexibility index (Phi) is 4.05. The van der Waals surface area contributed by atoms with Crippen LogP contribution in [0.2, 0.25) is 0 Å². The molecule has 1 atom stereocenters. The fourth-order valence-electron chi connectivity index (χ4n) is 1.69. The minimum absolute atomic E-state index is 0.0598. The van der Waals surface area contributed by atoms with Crippen LogP contribution in [0.1, 0.15) is 71.3 Å². The van der Waals surface area contributed by atoms with E-state index in [4.69, 9.17) is 11.6 Å². The zero-order valence-corrected chi connectivity index (χ0v) is 12.8. The molecule has 18 heavy (non-hydrogen) atoms. The summed E-state index contributed by atoms with van der Waals surface area (Å²) in [5.41, 5.74) is 3.65. The van der Waals surface area contributed by atoms with Gasteiger partial charge in [-0.1, -0.05) is 61.1 Å². The van der Waals surface area contributed by atoms with Crippen molar-refractivity contribution in [2.24, 2.45) is 0 Å². The van der Waals surface area contributed by atoms with Gasteiger partial charge >= 0.3 is 0 Å². The molecule has 1 unspecified atom stereocenters. The van der Waals surface area contributed by atoms with Gasteiger partial charge in [-0.2, -0.15) is 0 Å². The number of rotatable bonds is 2. The Morgan fingerprint density at radius 1 is 1.00 bits per heavy atom. The van der Waals surface area contributed by atoms with Crippen LogP contribution in [0.25, 0.3) is 0 Å². The molecule has 1 aromatic heterocycles. The molecule has 0 aliphatic carbocycles. The van der Waals surface area contributed by atoms with Gasteiger partial charge in [-0.05, 0) is 23.6 Å². The first kappa shape index (κ1) is 14.9. The number of hydrogen-bond donors (Lipinski definition) is 0. The molecule has 0 aromatic carbocycles. The van der Waals surface area contributed by atoms with Gasteiger partial charge in [-0.15, -0.1) is 0 Å². The molecule has 0 bridgehead atoms. The lowest BCUT2D eigenvalue weighted by Gasteiger charge is -2.25. The van der Waals surface area contributed by atoms with Crippen molar-refractivity contribution in [1.29, 1.82) is 0 Å². The predicted molar refractivity (Wildman–Crippen MR) is 78.9 cm³/mol. The van der Waals surface area contributed by atoms with Crippen molar-refractivity contribution in [3.63, 3.8) is 0 Å². The SMILES string of the molecule is [CH]=CC(C)c1cc(C(C)(C)C)nc(C(C)(C)C)c1. The molecule has 0 saturated carbocycles. The zero-order valence-electron chi connectivity index (χ0n) is 12.8. The van der Waals surface area contributed by atoms with Gasteiger partial charge in [0.05, 0.1) is 0 Å². The van der Waals surface area contributed by atoms with E-state index in [9.17, 15) is 0 Å². The lowest BCUT2D eigenvalue weighted by atomic mass is 9.84. The van der Waals surface area contributed by atoms with Crippen LogP contribution in [0.3, 0.4) is 0 Å². The maximum Gasteiger partial charge on any atom is 0.0463 e. The molecule has 0 aliphatic rings. The number of nitrogens with zero attached hydrogens (tertiary/aromatic N) is 1. The maximum absolute atomic E-state index is 5.68. The van der Waals surface area contributed by atoms with E-state index in [0.717, 1.165) is 11.4 Å².